The molecule has 0 bridgehead atoms. The number of carbonyl (C=O) groups excluding carboxylic acids is 1. The van der Waals surface area contributed by atoms with Crippen LogP contribution in [0.1, 0.15) is 54.8 Å². The first-order chi connectivity index (χ1) is 14.5. The van der Waals surface area contributed by atoms with Gasteiger partial charge in [-0.15, -0.1) is 0 Å². The van der Waals surface area contributed by atoms with Crippen molar-refractivity contribution in [1.29, 1.82) is 0 Å². The highest BCUT2D eigenvalue weighted by atomic mass is 16.2. The van der Waals surface area contributed by atoms with E-state index >= 15 is 0 Å². The first-order valence-corrected chi connectivity index (χ1v) is 10.7. The number of aromatic nitrogens is 4. The van der Waals surface area contributed by atoms with Gasteiger partial charge in [-0.25, -0.2) is 9.97 Å². The van der Waals surface area contributed by atoms with Gasteiger partial charge in [0.2, 0.25) is 0 Å². The van der Waals surface area contributed by atoms with Gasteiger partial charge in [0.25, 0.3) is 5.91 Å². The number of hydrogen-bond donors (Lipinski definition) is 0. The van der Waals surface area contributed by atoms with Gasteiger partial charge in [0, 0.05) is 37.7 Å². The standard InChI is InChI=1S/C24H27N5O/c1-16(2)29-22-9-5-4-8-19(22)26-23(29)18-7-6-12-28(14-18)24(30)17-10-11-21-20(13-17)25-15-27(21)3/h4-5,8-11,13,15-16,18H,6-7,12,14H2,1-3H3/t18-/m1/s1. The summed E-state index contributed by atoms with van der Waals surface area (Å²) < 4.78 is 4.31. The lowest BCUT2D eigenvalue weighted by atomic mass is 9.96. The summed E-state index contributed by atoms with van der Waals surface area (Å²) in [6, 6.07) is 14.4. The van der Waals surface area contributed by atoms with Crippen molar-refractivity contribution in [1.82, 2.24) is 24.0 Å². The summed E-state index contributed by atoms with van der Waals surface area (Å²) in [6.45, 7) is 5.89. The Morgan fingerprint density at radius 2 is 1.93 bits per heavy atom. The van der Waals surface area contributed by atoms with E-state index in [9.17, 15) is 4.79 Å². The van der Waals surface area contributed by atoms with Gasteiger partial charge in [-0.1, -0.05) is 12.1 Å². The van der Waals surface area contributed by atoms with Crippen LogP contribution in [0.15, 0.2) is 48.8 Å². The van der Waals surface area contributed by atoms with Crippen molar-refractivity contribution in [3.8, 4) is 0 Å². The van der Waals surface area contributed by atoms with E-state index in [1.54, 1.807) is 6.33 Å². The van der Waals surface area contributed by atoms with Crippen LogP contribution >= 0.6 is 0 Å². The van der Waals surface area contributed by atoms with Crippen LogP contribution in [0.25, 0.3) is 22.1 Å². The van der Waals surface area contributed by atoms with Crippen molar-refractivity contribution in [2.75, 3.05) is 13.1 Å². The van der Waals surface area contributed by atoms with Gasteiger partial charge < -0.3 is 14.0 Å². The molecule has 0 unspecified atom stereocenters. The van der Waals surface area contributed by atoms with E-state index in [1.165, 1.54) is 5.52 Å². The zero-order valence-electron chi connectivity index (χ0n) is 17.7. The smallest absolute Gasteiger partial charge is 0.253 e. The molecular weight excluding hydrogens is 374 g/mol. The molecule has 1 atom stereocenters. The Balaban J connectivity index is 1.45. The number of benzene rings is 2. The Bertz CT molecular complexity index is 1240. The minimum Gasteiger partial charge on any atom is -0.338 e. The van der Waals surface area contributed by atoms with Crippen molar-refractivity contribution >= 4 is 28.0 Å². The highest BCUT2D eigenvalue weighted by Crippen LogP contribution is 2.32. The molecule has 1 amide bonds. The topological polar surface area (TPSA) is 56.0 Å². The van der Waals surface area contributed by atoms with Crippen LogP contribution in [-0.4, -0.2) is 43.0 Å². The zero-order chi connectivity index (χ0) is 20.8. The number of aryl methyl sites for hydroxylation is 1. The molecule has 0 saturated carbocycles. The summed E-state index contributed by atoms with van der Waals surface area (Å²) in [5, 5.41) is 0. The number of amides is 1. The maximum atomic E-state index is 13.3. The Labute approximate surface area is 176 Å². The number of carbonyl (C=O) groups is 1. The highest BCUT2D eigenvalue weighted by molar-refractivity contribution is 5.97. The number of para-hydroxylation sites is 2. The molecule has 0 spiro atoms. The number of rotatable bonds is 3. The summed E-state index contributed by atoms with van der Waals surface area (Å²) in [5.74, 6) is 1.43. The molecule has 0 N–H and O–H groups in total. The molecule has 2 aromatic carbocycles. The summed E-state index contributed by atoms with van der Waals surface area (Å²) in [7, 11) is 1.97. The van der Waals surface area contributed by atoms with Gasteiger partial charge in [0.15, 0.2) is 0 Å². The van der Waals surface area contributed by atoms with Gasteiger partial charge in [0.1, 0.15) is 5.82 Å². The number of fused-ring (bicyclic) bond motifs is 2. The van der Waals surface area contributed by atoms with Crippen LogP contribution in [0.4, 0.5) is 0 Å². The summed E-state index contributed by atoms with van der Waals surface area (Å²) >= 11 is 0. The molecule has 1 fully saturated rings. The fourth-order valence-corrected chi connectivity index (χ4v) is 4.72. The average Bonchev–Trinajstić information content (AvgIpc) is 3.34. The molecule has 4 aromatic rings. The van der Waals surface area contributed by atoms with E-state index in [-0.39, 0.29) is 11.8 Å². The molecule has 3 heterocycles. The second-order valence-electron chi connectivity index (χ2n) is 8.57. The fraction of sp³-hybridized carbons (Fsp3) is 0.375. The summed E-state index contributed by atoms with van der Waals surface area (Å²) in [4.78, 5) is 24.7. The van der Waals surface area contributed by atoms with E-state index in [0.717, 1.165) is 41.8 Å². The minimum absolute atomic E-state index is 0.0828. The maximum absolute atomic E-state index is 13.3. The quantitative estimate of drug-likeness (QED) is 0.507. The second-order valence-corrected chi connectivity index (χ2v) is 8.57. The largest absolute Gasteiger partial charge is 0.338 e. The van der Waals surface area contributed by atoms with Crippen molar-refractivity contribution in [3.05, 3.63) is 60.2 Å². The molecule has 0 radical (unpaired) electrons. The van der Waals surface area contributed by atoms with Gasteiger partial charge in [-0.05, 0) is 57.0 Å². The minimum atomic E-state index is 0.0828. The zero-order valence-corrected chi connectivity index (χ0v) is 17.7. The Hall–Kier alpha value is -3.15. The van der Waals surface area contributed by atoms with Crippen molar-refractivity contribution in [2.24, 2.45) is 7.05 Å². The Kier molecular flexibility index (Phi) is 4.57. The number of imidazole rings is 2. The third-order valence-corrected chi connectivity index (χ3v) is 6.19. The first kappa shape index (κ1) is 18.9. The van der Waals surface area contributed by atoms with E-state index in [1.807, 2.05) is 40.8 Å². The third kappa shape index (κ3) is 3.07. The highest BCUT2D eigenvalue weighted by Gasteiger charge is 2.29. The summed E-state index contributed by atoms with van der Waals surface area (Å²) in [5.41, 5.74) is 4.81. The number of nitrogens with zero attached hydrogens (tertiary/aromatic N) is 5. The molecule has 154 valence electrons. The van der Waals surface area contributed by atoms with Crippen molar-refractivity contribution < 1.29 is 4.79 Å². The number of likely N-dealkylation sites (tertiary alicyclic amines) is 1. The lowest BCUT2D eigenvalue weighted by molar-refractivity contribution is 0.0703. The Morgan fingerprint density at radius 1 is 1.10 bits per heavy atom. The van der Waals surface area contributed by atoms with Crippen LogP contribution in [0, 0.1) is 0 Å². The normalized spacial score (nSPS) is 17.3. The van der Waals surface area contributed by atoms with Crippen LogP contribution in [-0.2, 0) is 7.05 Å². The predicted octanol–water partition coefficient (Wildman–Crippen LogP) is 4.52. The second kappa shape index (κ2) is 7.27. The molecule has 5 rings (SSSR count). The average molecular weight is 402 g/mol. The predicted molar refractivity (Wildman–Crippen MR) is 119 cm³/mol. The molecule has 30 heavy (non-hydrogen) atoms. The molecule has 1 aliphatic rings. The lowest BCUT2D eigenvalue weighted by Crippen LogP contribution is -2.39. The monoisotopic (exact) mass is 401 g/mol. The number of hydrogen-bond acceptors (Lipinski definition) is 3. The van der Waals surface area contributed by atoms with Crippen LogP contribution < -0.4 is 0 Å². The van der Waals surface area contributed by atoms with E-state index in [2.05, 4.69) is 41.6 Å². The van der Waals surface area contributed by atoms with Gasteiger partial charge >= 0.3 is 0 Å². The SMILES string of the molecule is CC(C)n1c([C@@H]2CCCN(C(=O)c3ccc4c(c3)ncn4C)C2)nc2ccccc21. The Morgan fingerprint density at radius 3 is 2.77 bits per heavy atom. The third-order valence-electron chi connectivity index (χ3n) is 6.19. The molecule has 1 aliphatic heterocycles. The molecule has 6 heteroatoms. The van der Waals surface area contributed by atoms with Gasteiger partial charge in [0.05, 0.1) is 28.4 Å². The van der Waals surface area contributed by atoms with E-state index in [4.69, 9.17) is 4.98 Å². The van der Waals surface area contributed by atoms with E-state index in [0.29, 0.717) is 18.2 Å². The molecule has 1 saturated heterocycles. The molecular formula is C24H27N5O. The fourth-order valence-electron chi connectivity index (χ4n) is 4.72. The summed E-state index contributed by atoms with van der Waals surface area (Å²) in [6.07, 6.45) is 3.83. The van der Waals surface area contributed by atoms with Crippen LogP contribution in [0.5, 0.6) is 0 Å². The number of piperidine rings is 1. The van der Waals surface area contributed by atoms with Crippen molar-refractivity contribution in [3.63, 3.8) is 0 Å². The van der Waals surface area contributed by atoms with Crippen LogP contribution in [0.3, 0.4) is 0 Å². The maximum Gasteiger partial charge on any atom is 0.253 e. The lowest BCUT2D eigenvalue weighted by Gasteiger charge is -2.33. The molecule has 2 aromatic heterocycles. The van der Waals surface area contributed by atoms with Crippen molar-refractivity contribution in [2.45, 2.75) is 38.6 Å². The van der Waals surface area contributed by atoms with E-state index < -0.39 is 0 Å². The van der Waals surface area contributed by atoms with Crippen LogP contribution in [0.2, 0.25) is 0 Å². The molecule has 0 aliphatic carbocycles. The van der Waals surface area contributed by atoms with Gasteiger partial charge in [-0.3, -0.25) is 4.79 Å². The van der Waals surface area contributed by atoms with Gasteiger partial charge in [-0.2, -0.15) is 0 Å². The molecule has 6 nitrogen and oxygen atoms in total. The first-order valence-electron chi connectivity index (χ1n) is 10.7.